The topological polar surface area (TPSA) is 17.8 Å². The van der Waals surface area contributed by atoms with Crippen molar-refractivity contribution in [2.75, 3.05) is 0 Å². The Kier molecular flexibility index (Phi) is 2.74. The third-order valence-electron chi connectivity index (χ3n) is 4.79. The van der Waals surface area contributed by atoms with Crippen molar-refractivity contribution in [3.8, 4) is 11.1 Å². The van der Waals surface area contributed by atoms with Gasteiger partial charge in [0.2, 0.25) is 0 Å². The van der Waals surface area contributed by atoms with Crippen LogP contribution in [0.4, 0.5) is 0 Å². The van der Waals surface area contributed by atoms with E-state index in [9.17, 15) is 0 Å². The lowest BCUT2D eigenvalue weighted by molar-refractivity contribution is 0.951. The first-order valence-electron chi connectivity index (χ1n) is 8.14. The number of hydrogen-bond donors (Lipinski definition) is 0. The van der Waals surface area contributed by atoms with Crippen molar-refractivity contribution < 1.29 is 0 Å². The van der Waals surface area contributed by atoms with Gasteiger partial charge in [0.1, 0.15) is 0 Å². The molecule has 0 unspecified atom stereocenters. The van der Waals surface area contributed by atoms with Crippen molar-refractivity contribution in [1.29, 1.82) is 0 Å². The molecule has 0 saturated carbocycles. The summed E-state index contributed by atoms with van der Waals surface area (Å²) < 4.78 is 2.12. The molecule has 0 N–H and O–H groups in total. The van der Waals surface area contributed by atoms with Crippen LogP contribution in [0, 0.1) is 0 Å². The molecular formula is C22H16N2. The number of fused-ring (bicyclic) bond motifs is 6. The van der Waals surface area contributed by atoms with Crippen LogP contribution in [0.1, 0.15) is 0 Å². The molecule has 5 aromatic rings. The minimum atomic E-state index is 1.07. The van der Waals surface area contributed by atoms with E-state index in [4.69, 9.17) is 4.98 Å². The van der Waals surface area contributed by atoms with E-state index >= 15 is 0 Å². The van der Waals surface area contributed by atoms with Gasteiger partial charge < -0.3 is 4.57 Å². The summed E-state index contributed by atoms with van der Waals surface area (Å²) in [5.41, 5.74) is 4.77. The summed E-state index contributed by atoms with van der Waals surface area (Å²) in [5.74, 6) is 0. The fourth-order valence-corrected chi connectivity index (χ4v) is 3.75. The molecule has 4 aromatic carbocycles. The van der Waals surface area contributed by atoms with E-state index in [-0.39, 0.29) is 0 Å². The van der Waals surface area contributed by atoms with Gasteiger partial charge in [-0.2, -0.15) is 0 Å². The Hall–Kier alpha value is -3.13. The van der Waals surface area contributed by atoms with Gasteiger partial charge in [0.25, 0.3) is 0 Å². The lowest BCUT2D eigenvalue weighted by atomic mass is 9.92. The van der Waals surface area contributed by atoms with Crippen LogP contribution in [0.5, 0.6) is 0 Å². The minimum absolute atomic E-state index is 1.07. The molecule has 1 aromatic heterocycles. The van der Waals surface area contributed by atoms with E-state index in [1.807, 2.05) is 6.33 Å². The zero-order valence-electron chi connectivity index (χ0n) is 13.4. The molecule has 114 valence electrons. The van der Waals surface area contributed by atoms with Crippen LogP contribution >= 0.6 is 0 Å². The summed E-state index contributed by atoms with van der Waals surface area (Å²) in [4.78, 5) is 4.69. The Morgan fingerprint density at radius 2 is 1.42 bits per heavy atom. The third-order valence-corrected chi connectivity index (χ3v) is 4.79. The van der Waals surface area contributed by atoms with Gasteiger partial charge in [-0.3, -0.25) is 0 Å². The number of hydrogen-bond acceptors (Lipinski definition) is 1. The molecular weight excluding hydrogens is 292 g/mol. The molecule has 0 fully saturated rings. The van der Waals surface area contributed by atoms with Crippen molar-refractivity contribution >= 4 is 32.6 Å². The number of nitrogens with zero attached hydrogens (tertiary/aromatic N) is 2. The molecule has 0 bridgehead atoms. The SMILES string of the molecule is Cn1cnc2c3cccc(-c4ccccc4)c3c3ccccc3c21. The van der Waals surface area contributed by atoms with Gasteiger partial charge >= 0.3 is 0 Å². The largest absolute Gasteiger partial charge is 0.333 e. The van der Waals surface area contributed by atoms with Gasteiger partial charge in [0, 0.05) is 17.8 Å². The molecule has 0 aliphatic rings. The fourth-order valence-electron chi connectivity index (χ4n) is 3.75. The van der Waals surface area contributed by atoms with Gasteiger partial charge in [-0.25, -0.2) is 4.98 Å². The lowest BCUT2D eigenvalue weighted by Gasteiger charge is -2.12. The quantitative estimate of drug-likeness (QED) is 0.371. The van der Waals surface area contributed by atoms with Crippen LogP contribution in [-0.4, -0.2) is 9.55 Å². The Balaban J connectivity index is 2.09. The Morgan fingerprint density at radius 1 is 0.708 bits per heavy atom. The van der Waals surface area contributed by atoms with Gasteiger partial charge in [-0.15, -0.1) is 0 Å². The highest BCUT2D eigenvalue weighted by atomic mass is 15.0. The van der Waals surface area contributed by atoms with E-state index in [0.29, 0.717) is 0 Å². The van der Waals surface area contributed by atoms with Crippen molar-refractivity contribution in [2.24, 2.45) is 7.05 Å². The molecule has 0 spiro atoms. The van der Waals surface area contributed by atoms with Crippen LogP contribution in [0.25, 0.3) is 43.7 Å². The third kappa shape index (κ3) is 1.74. The molecule has 0 aliphatic carbocycles. The second kappa shape index (κ2) is 4.93. The first-order valence-corrected chi connectivity index (χ1v) is 8.14. The normalized spacial score (nSPS) is 11.5. The van der Waals surface area contributed by atoms with Crippen molar-refractivity contribution in [1.82, 2.24) is 9.55 Å². The zero-order valence-corrected chi connectivity index (χ0v) is 13.4. The first kappa shape index (κ1) is 13.3. The van der Waals surface area contributed by atoms with Gasteiger partial charge in [0.15, 0.2) is 0 Å². The molecule has 24 heavy (non-hydrogen) atoms. The van der Waals surface area contributed by atoms with E-state index in [2.05, 4.69) is 84.4 Å². The Bertz CT molecular complexity index is 1200. The average molecular weight is 308 g/mol. The molecule has 2 heteroatoms. The number of imidazole rings is 1. The summed E-state index contributed by atoms with van der Waals surface area (Å²) in [5, 5.41) is 5.03. The van der Waals surface area contributed by atoms with Crippen LogP contribution in [0.2, 0.25) is 0 Å². The molecule has 5 rings (SSSR count). The van der Waals surface area contributed by atoms with E-state index in [1.54, 1.807) is 0 Å². The van der Waals surface area contributed by atoms with Crippen molar-refractivity contribution in [3.63, 3.8) is 0 Å². The maximum absolute atomic E-state index is 4.69. The van der Waals surface area contributed by atoms with Gasteiger partial charge in [-0.1, -0.05) is 72.8 Å². The van der Waals surface area contributed by atoms with Crippen LogP contribution in [0.15, 0.2) is 79.1 Å². The minimum Gasteiger partial charge on any atom is -0.333 e. The van der Waals surface area contributed by atoms with Crippen LogP contribution in [0.3, 0.4) is 0 Å². The standard InChI is InChI=1S/C22H16N2/c1-24-14-23-21-19-13-7-12-16(15-8-3-2-4-9-15)20(19)17-10-5-6-11-18(17)22(21)24/h2-14H,1H3. The summed E-state index contributed by atoms with van der Waals surface area (Å²) >= 11 is 0. The Labute approximate surface area is 140 Å². The summed E-state index contributed by atoms with van der Waals surface area (Å²) in [6.45, 7) is 0. The predicted molar refractivity (Wildman–Crippen MR) is 101 cm³/mol. The summed E-state index contributed by atoms with van der Waals surface area (Å²) in [6.07, 6.45) is 1.91. The highest BCUT2D eigenvalue weighted by Gasteiger charge is 2.14. The zero-order chi connectivity index (χ0) is 16.1. The van der Waals surface area contributed by atoms with Crippen molar-refractivity contribution in [2.45, 2.75) is 0 Å². The molecule has 0 amide bonds. The van der Waals surface area contributed by atoms with E-state index in [0.717, 1.165) is 5.52 Å². The average Bonchev–Trinajstić information content (AvgIpc) is 3.04. The van der Waals surface area contributed by atoms with Crippen LogP contribution in [-0.2, 0) is 7.05 Å². The number of aryl methyl sites for hydroxylation is 1. The lowest BCUT2D eigenvalue weighted by Crippen LogP contribution is -1.89. The highest BCUT2D eigenvalue weighted by molar-refractivity contribution is 6.26. The molecule has 0 radical (unpaired) electrons. The molecule has 0 atom stereocenters. The second-order valence-corrected chi connectivity index (χ2v) is 6.19. The predicted octanol–water partition coefficient (Wildman–Crippen LogP) is 5.55. The maximum atomic E-state index is 4.69. The second-order valence-electron chi connectivity index (χ2n) is 6.19. The maximum Gasteiger partial charge on any atom is 0.0969 e. The Morgan fingerprint density at radius 3 is 2.25 bits per heavy atom. The summed E-state index contributed by atoms with van der Waals surface area (Å²) in [7, 11) is 2.06. The van der Waals surface area contributed by atoms with Gasteiger partial charge in [0.05, 0.1) is 17.4 Å². The summed E-state index contributed by atoms with van der Waals surface area (Å²) in [6, 6.07) is 25.7. The van der Waals surface area contributed by atoms with Gasteiger partial charge in [-0.05, 0) is 21.9 Å². The molecule has 0 saturated heterocycles. The number of aromatic nitrogens is 2. The number of rotatable bonds is 1. The van der Waals surface area contributed by atoms with Crippen molar-refractivity contribution in [3.05, 3.63) is 79.1 Å². The molecule has 2 nitrogen and oxygen atoms in total. The van der Waals surface area contributed by atoms with Crippen LogP contribution < -0.4 is 0 Å². The van der Waals surface area contributed by atoms with E-state index in [1.165, 1.54) is 38.2 Å². The fraction of sp³-hybridized carbons (Fsp3) is 0.0455. The van der Waals surface area contributed by atoms with E-state index < -0.39 is 0 Å². The molecule has 0 aliphatic heterocycles. The highest BCUT2D eigenvalue weighted by Crippen LogP contribution is 2.39. The molecule has 1 heterocycles. The smallest absolute Gasteiger partial charge is 0.0969 e. The number of benzene rings is 4. The monoisotopic (exact) mass is 308 g/mol. The first-order chi connectivity index (χ1) is 11.8.